The summed E-state index contributed by atoms with van der Waals surface area (Å²) in [4.78, 5) is 9.99. The van der Waals surface area contributed by atoms with Crippen LogP contribution in [0.15, 0.2) is 23.1 Å². The molecule has 1 aromatic carbocycles. The maximum absolute atomic E-state index is 12.7. The van der Waals surface area contributed by atoms with Gasteiger partial charge in [-0.15, -0.1) is 12.4 Å². The molecular weight excluding hydrogens is 350 g/mol. The van der Waals surface area contributed by atoms with Crippen LogP contribution in [0, 0.1) is 10.1 Å². The first-order valence-electron chi connectivity index (χ1n) is 6.54. The Labute approximate surface area is 140 Å². The molecule has 0 amide bonds. The van der Waals surface area contributed by atoms with Gasteiger partial charge in [-0.3, -0.25) is 10.1 Å². The van der Waals surface area contributed by atoms with Crippen molar-refractivity contribution in [2.45, 2.75) is 11.0 Å². The second-order valence-electron chi connectivity index (χ2n) is 4.68. The topological polar surface area (TPSA) is 125 Å². The first-order chi connectivity index (χ1) is 10.4. The Morgan fingerprint density at radius 2 is 2.22 bits per heavy atom. The van der Waals surface area contributed by atoms with E-state index in [1.165, 1.54) is 23.5 Å². The molecule has 130 valence electrons. The maximum atomic E-state index is 12.7. The molecule has 0 radical (unpaired) electrons. The second kappa shape index (κ2) is 7.88. The van der Waals surface area contributed by atoms with Crippen molar-refractivity contribution in [3.8, 4) is 5.75 Å². The fourth-order valence-corrected chi connectivity index (χ4v) is 3.80. The number of nitro benzene ring substituents is 1. The average molecular weight is 368 g/mol. The maximum Gasteiger partial charge on any atom is 0.271 e. The Morgan fingerprint density at radius 3 is 2.78 bits per heavy atom. The van der Waals surface area contributed by atoms with E-state index in [-0.39, 0.29) is 55.0 Å². The smallest absolute Gasteiger partial charge is 0.271 e. The number of ether oxygens (including phenoxy) is 2. The van der Waals surface area contributed by atoms with E-state index in [9.17, 15) is 18.5 Å². The molecule has 0 spiro atoms. The molecule has 0 aromatic heterocycles. The largest absolute Gasteiger partial charge is 0.495 e. The van der Waals surface area contributed by atoms with Crippen LogP contribution >= 0.6 is 12.4 Å². The van der Waals surface area contributed by atoms with Gasteiger partial charge < -0.3 is 15.2 Å². The van der Waals surface area contributed by atoms with Gasteiger partial charge in [-0.05, 0) is 6.07 Å². The lowest BCUT2D eigenvalue weighted by atomic mass is 10.3. The van der Waals surface area contributed by atoms with Gasteiger partial charge in [0, 0.05) is 31.8 Å². The molecule has 9 nitrogen and oxygen atoms in total. The van der Waals surface area contributed by atoms with E-state index in [0.717, 1.165) is 6.07 Å². The Balaban J connectivity index is 0.00000264. The minimum Gasteiger partial charge on any atom is -0.495 e. The number of methoxy groups -OCH3 is 1. The molecule has 1 aliphatic rings. The summed E-state index contributed by atoms with van der Waals surface area (Å²) in [6, 6.07) is 3.47. The van der Waals surface area contributed by atoms with Crippen LogP contribution in [0.3, 0.4) is 0 Å². The van der Waals surface area contributed by atoms with E-state index >= 15 is 0 Å². The summed E-state index contributed by atoms with van der Waals surface area (Å²) < 4.78 is 37.0. The number of nitrogens with two attached hydrogens (primary N) is 1. The number of benzene rings is 1. The fraction of sp³-hybridized carbons (Fsp3) is 0.500. The second-order valence-corrected chi connectivity index (χ2v) is 6.59. The molecule has 23 heavy (non-hydrogen) atoms. The predicted octanol–water partition coefficient (Wildman–Crippen LogP) is 0.373. The lowest BCUT2D eigenvalue weighted by Gasteiger charge is -2.31. The van der Waals surface area contributed by atoms with E-state index < -0.39 is 21.1 Å². The van der Waals surface area contributed by atoms with Crippen LogP contribution in [-0.4, -0.2) is 57.1 Å². The van der Waals surface area contributed by atoms with Crippen molar-refractivity contribution < 1.29 is 22.8 Å². The number of hydrogen-bond acceptors (Lipinski definition) is 7. The Morgan fingerprint density at radius 1 is 1.52 bits per heavy atom. The number of nitrogens with zero attached hydrogens (tertiary/aromatic N) is 2. The first kappa shape index (κ1) is 19.6. The molecule has 0 aliphatic carbocycles. The van der Waals surface area contributed by atoms with E-state index in [0.29, 0.717) is 0 Å². The van der Waals surface area contributed by atoms with Gasteiger partial charge in [0.25, 0.3) is 5.69 Å². The summed E-state index contributed by atoms with van der Waals surface area (Å²) in [7, 11) is -2.63. The summed E-state index contributed by atoms with van der Waals surface area (Å²) in [5.74, 6) is 0.0568. The van der Waals surface area contributed by atoms with Gasteiger partial charge in [-0.25, -0.2) is 8.42 Å². The predicted molar refractivity (Wildman–Crippen MR) is 84.4 cm³/mol. The number of morpholine rings is 1. The van der Waals surface area contributed by atoms with Gasteiger partial charge in [-0.2, -0.15) is 4.31 Å². The van der Waals surface area contributed by atoms with E-state index in [1.54, 1.807) is 0 Å². The molecule has 0 saturated carbocycles. The van der Waals surface area contributed by atoms with Crippen molar-refractivity contribution in [3.05, 3.63) is 28.3 Å². The van der Waals surface area contributed by atoms with Crippen molar-refractivity contribution in [2.75, 3.05) is 33.4 Å². The third-order valence-corrected chi connectivity index (χ3v) is 5.23. The van der Waals surface area contributed by atoms with Crippen LogP contribution in [0.4, 0.5) is 5.69 Å². The van der Waals surface area contributed by atoms with Crippen LogP contribution in [0.2, 0.25) is 0 Å². The minimum atomic E-state index is -3.94. The highest BCUT2D eigenvalue weighted by Gasteiger charge is 2.33. The van der Waals surface area contributed by atoms with Gasteiger partial charge in [0.1, 0.15) is 10.6 Å². The number of nitro groups is 1. The first-order valence-corrected chi connectivity index (χ1v) is 7.98. The third-order valence-electron chi connectivity index (χ3n) is 3.34. The summed E-state index contributed by atoms with van der Waals surface area (Å²) >= 11 is 0. The molecule has 2 rings (SSSR count). The molecule has 2 N–H and O–H groups in total. The van der Waals surface area contributed by atoms with Crippen LogP contribution in [0.1, 0.15) is 0 Å². The molecule has 1 fully saturated rings. The Kier molecular flexibility index (Phi) is 6.71. The summed E-state index contributed by atoms with van der Waals surface area (Å²) in [5.41, 5.74) is 5.19. The van der Waals surface area contributed by atoms with Crippen LogP contribution in [-0.2, 0) is 14.8 Å². The highest BCUT2D eigenvalue weighted by atomic mass is 35.5. The molecule has 1 unspecified atom stereocenters. The zero-order valence-electron chi connectivity index (χ0n) is 12.4. The van der Waals surface area contributed by atoms with Gasteiger partial charge in [0.05, 0.1) is 24.7 Å². The van der Waals surface area contributed by atoms with Crippen molar-refractivity contribution in [1.82, 2.24) is 4.31 Å². The molecule has 1 aliphatic heterocycles. The van der Waals surface area contributed by atoms with Crippen molar-refractivity contribution >= 4 is 28.1 Å². The number of sulfonamides is 1. The molecule has 11 heteroatoms. The zero-order valence-corrected chi connectivity index (χ0v) is 14.0. The number of rotatable bonds is 5. The van der Waals surface area contributed by atoms with Gasteiger partial charge in [0.2, 0.25) is 10.0 Å². The SMILES string of the molecule is COc1ccc([N+](=O)[O-])cc1S(=O)(=O)N1CCOC(CN)C1.Cl. The molecule has 1 aromatic rings. The number of non-ortho nitro benzene ring substituents is 1. The summed E-state index contributed by atoms with van der Waals surface area (Å²) in [6.07, 6.45) is -0.395. The third kappa shape index (κ3) is 4.09. The standard InChI is InChI=1S/C12H17N3O6S.ClH/c1-20-11-3-2-9(15(16)17)6-12(11)22(18,19)14-4-5-21-10(7-13)8-14;/h2-3,6,10H,4-5,7-8,13H2,1H3;1H. The number of hydrogen-bond donors (Lipinski definition) is 1. The molecular formula is C12H18ClN3O6S. The minimum absolute atomic E-state index is 0. The normalized spacial score (nSPS) is 19.0. The highest BCUT2D eigenvalue weighted by Crippen LogP contribution is 2.31. The van der Waals surface area contributed by atoms with Gasteiger partial charge >= 0.3 is 0 Å². The average Bonchev–Trinajstić information content (AvgIpc) is 2.54. The lowest BCUT2D eigenvalue weighted by molar-refractivity contribution is -0.385. The van der Waals surface area contributed by atoms with E-state index in [1.807, 2.05) is 0 Å². The monoisotopic (exact) mass is 367 g/mol. The lowest BCUT2D eigenvalue weighted by Crippen LogP contribution is -2.48. The van der Waals surface area contributed by atoms with Crippen molar-refractivity contribution in [2.24, 2.45) is 5.73 Å². The molecule has 1 atom stereocenters. The van der Waals surface area contributed by atoms with Gasteiger partial charge in [-0.1, -0.05) is 0 Å². The van der Waals surface area contributed by atoms with E-state index in [4.69, 9.17) is 15.2 Å². The fourth-order valence-electron chi connectivity index (χ4n) is 2.17. The zero-order chi connectivity index (χ0) is 16.3. The summed E-state index contributed by atoms with van der Waals surface area (Å²) in [5, 5.41) is 10.9. The highest BCUT2D eigenvalue weighted by molar-refractivity contribution is 7.89. The van der Waals surface area contributed by atoms with Crippen molar-refractivity contribution in [1.29, 1.82) is 0 Å². The Bertz CT molecular complexity index is 669. The molecule has 1 saturated heterocycles. The molecule has 0 bridgehead atoms. The number of halogens is 1. The van der Waals surface area contributed by atoms with Gasteiger partial charge in [0.15, 0.2) is 0 Å². The quantitative estimate of drug-likeness (QED) is 0.588. The van der Waals surface area contributed by atoms with Crippen LogP contribution in [0.25, 0.3) is 0 Å². The van der Waals surface area contributed by atoms with Crippen molar-refractivity contribution in [3.63, 3.8) is 0 Å². The van der Waals surface area contributed by atoms with E-state index in [2.05, 4.69) is 0 Å². The molecule has 1 heterocycles. The Hall–Kier alpha value is -1.46. The van der Waals surface area contributed by atoms with Crippen LogP contribution < -0.4 is 10.5 Å². The summed E-state index contributed by atoms with van der Waals surface area (Å²) in [6.45, 7) is 0.672. The van der Waals surface area contributed by atoms with Crippen LogP contribution in [0.5, 0.6) is 5.75 Å².